The second-order valence-electron chi connectivity index (χ2n) is 6.03. The lowest BCUT2D eigenvalue weighted by Crippen LogP contribution is -2.52. The van der Waals surface area contributed by atoms with E-state index < -0.39 is 0 Å². The largest absolute Gasteiger partial charge is 0.506 e. The Morgan fingerprint density at radius 3 is 2.58 bits per heavy atom. The minimum absolute atomic E-state index is 0. The van der Waals surface area contributed by atoms with Crippen LogP contribution < -0.4 is 10.2 Å². The summed E-state index contributed by atoms with van der Waals surface area (Å²) < 4.78 is 0. The van der Waals surface area contributed by atoms with E-state index in [2.05, 4.69) is 39.6 Å². The third kappa shape index (κ3) is 5.51. The van der Waals surface area contributed by atoms with E-state index in [1.54, 1.807) is 17.4 Å². The minimum atomic E-state index is 0. The van der Waals surface area contributed by atoms with Gasteiger partial charge in [-0.1, -0.05) is 18.2 Å². The first-order valence-corrected chi connectivity index (χ1v) is 9.74. The number of aromatic hydroxyl groups is 1. The topological polar surface area (TPSA) is 51.1 Å². The Labute approximate surface area is 176 Å². The highest BCUT2D eigenvalue weighted by Crippen LogP contribution is 2.27. The summed E-state index contributed by atoms with van der Waals surface area (Å²) in [6.07, 6.45) is 0.990. The molecule has 3 rings (SSSR count). The fraction of sp³-hybridized carbons (Fsp3) is 0.421. The highest BCUT2D eigenvalue weighted by molar-refractivity contribution is 14.0. The molecule has 26 heavy (non-hydrogen) atoms. The normalized spacial score (nSPS) is 14.9. The lowest BCUT2D eigenvalue weighted by Gasteiger charge is -2.37. The van der Waals surface area contributed by atoms with E-state index in [1.807, 2.05) is 18.2 Å². The van der Waals surface area contributed by atoms with E-state index >= 15 is 0 Å². The third-order valence-corrected chi connectivity index (χ3v) is 5.27. The Morgan fingerprint density at radius 2 is 1.92 bits per heavy atom. The highest BCUT2D eigenvalue weighted by Gasteiger charge is 2.21. The van der Waals surface area contributed by atoms with Crippen LogP contribution in [0.3, 0.4) is 0 Å². The zero-order chi connectivity index (χ0) is 17.5. The summed E-state index contributed by atoms with van der Waals surface area (Å²) in [7, 11) is 0. The van der Waals surface area contributed by atoms with Crippen LogP contribution in [0.15, 0.2) is 46.8 Å². The molecule has 2 aromatic rings. The number of nitrogens with one attached hydrogen (secondary N) is 1. The molecule has 1 aromatic heterocycles. The van der Waals surface area contributed by atoms with Crippen molar-refractivity contribution >= 4 is 47.0 Å². The summed E-state index contributed by atoms with van der Waals surface area (Å²) in [5.74, 6) is 1.35. The molecule has 5 nitrogen and oxygen atoms in total. The van der Waals surface area contributed by atoms with Crippen molar-refractivity contribution in [3.05, 3.63) is 46.7 Å². The molecule has 0 unspecified atom stereocenters. The molecule has 1 aromatic carbocycles. The van der Waals surface area contributed by atoms with Crippen molar-refractivity contribution in [2.45, 2.75) is 13.3 Å². The summed E-state index contributed by atoms with van der Waals surface area (Å²) in [4.78, 5) is 10.7. The molecule has 1 aliphatic heterocycles. The number of guanidine groups is 1. The van der Waals surface area contributed by atoms with Crippen LogP contribution in [0, 0.1) is 0 Å². The van der Waals surface area contributed by atoms with Gasteiger partial charge in [0.05, 0.1) is 5.69 Å². The number of thiophene rings is 1. The summed E-state index contributed by atoms with van der Waals surface area (Å²) in [5.41, 5.74) is 0.918. The van der Waals surface area contributed by atoms with Crippen LogP contribution in [-0.4, -0.2) is 55.2 Å². The van der Waals surface area contributed by atoms with Gasteiger partial charge in [-0.2, -0.15) is 0 Å². The quantitative estimate of drug-likeness (QED) is 0.387. The molecule has 1 fully saturated rings. The van der Waals surface area contributed by atoms with Crippen molar-refractivity contribution in [2.75, 3.05) is 44.2 Å². The zero-order valence-electron chi connectivity index (χ0n) is 15.1. The van der Waals surface area contributed by atoms with E-state index in [4.69, 9.17) is 4.99 Å². The molecular formula is C19H27IN4OS. The molecule has 1 saturated heterocycles. The molecule has 0 spiro atoms. The third-order valence-electron chi connectivity index (χ3n) is 4.34. The number of phenols is 1. The van der Waals surface area contributed by atoms with Crippen molar-refractivity contribution in [2.24, 2.45) is 4.99 Å². The van der Waals surface area contributed by atoms with Crippen LogP contribution in [0.5, 0.6) is 5.75 Å². The Morgan fingerprint density at radius 1 is 1.15 bits per heavy atom. The van der Waals surface area contributed by atoms with Crippen molar-refractivity contribution in [3.63, 3.8) is 0 Å². The van der Waals surface area contributed by atoms with Gasteiger partial charge in [0.1, 0.15) is 5.75 Å². The first-order valence-electron chi connectivity index (χ1n) is 8.86. The van der Waals surface area contributed by atoms with Crippen molar-refractivity contribution in [1.29, 1.82) is 0 Å². The van der Waals surface area contributed by atoms with E-state index in [-0.39, 0.29) is 24.0 Å². The molecule has 7 heteroatoms. The summed E-state index contributed by atoms with van der Waals surface area (Å²) in [5, 5.41) is 15.6. The first kappa shape index (κ1) is 20.8. The number of aliphatic imine (C=N–C) groups is 1. The maximum absolute atomic E-state index is 10.0. The minimum Gasteiger partial charge on any atom is -0.506 e. The summed E-state index contributed by atoms with van der Waals surface area (Å²) in [6, 6.07) is 11.8. The lowest BCUT2D eigenvalue weighted by molar-refractivity contribution is 0.370. The molecule has 0 radical (unpaired) electrons. The molecular weight excluding hydrogens is 459 g/mol. The Hall–Kier alpha value is -1.48. The Bertz CT molecular complexity index is 685. The summed E-state index contributed by atoms with van der Waals surface area (Å²) in [6.45, 7) is 7.35. The van der Waals surface area contributed by atoms with Gasteiger partial charge in [-0.15, -0.1) is 35.3 Å². The second-order valence-corrected chi connectivity index (χ2v) is 7.06. The van der Waals surface area contributed by atoms with Crippen molar-refractivity contribution in [1.82, 2.24) is 10.2 Å². The van der Waals surface area contributed by atoms with E-state index in [9.17, 15) is 5.11 Å². The van der Waals surface area contributed by atoms with E-state index in [0.29, 0.717) is 5.75 Å². The van der Waals surface area contributed by atoms with E-state index in [0.717, 1.165) is 57.3 Å². The average Bonchev–Trinajstić information content (AvgIpc) is 3.15. The number of hydrogen-bond donors (Lipinski definition) is 2. The molecule has 1 aliphatic rings. The van der Waals surface area contributed by atoms with Crippen LogP contribution in [0.25, 0.3) is 0 Å². The van der Waals surface area contributed by atoms with Gasteiger partial charge in [0.2, 0.25) is 0 Å². The molecule has 0 atom stereocenters. The fourth-order valence-corrected chi connectivity index (χ4v) is 3.74. The van der Waals surface area contributed by atoms with Crippen molar-refractivity contribution in [3.8, 4) is 5.75 Å². The van der Waals surface area contributed by atoms with Gasteiger partial charge >= 0.3 is 0 Å². The molecule has 2 heterocycles. The van der Waals surface area contributed by atoms with Gasteiger partial charge in [0, 0.05) is 50.6 Å². The lowest BCUT2D eigenvalue weighted by atomic mass is 10.2. The maximum Gasteiger partial charge on any atom is 0.194 e. The number of halogens is 1. The van der Waals surface area contributed by atoms with Gasteiger partial charge in [0.15, 0.2) is 5.96 Å². The number of para-hydroxylation sites is 2. The standard InChI is InChI=1S/C19H26N4OS.HI/c1-2-20-19(21-10-9-16-6-5-15-25-16)23-13-11-22(12-14-23)17-7-3-4-8-18(17)24;/h3-8,15,24H,2,9-14H2,1H3,(H,20,21);1H. The monoisotopic (exact) mass is 486 g/mol. The smallest absolute Gasteiger partial charge is 0.194 e. The molecule has 142 valence electrons. The molecule has 2 N–H and O–H groups in total. The molecule has 0 amide bonds. The number of benzene rings is 1. The molecule has 0 bridgehead atoms. The molecule has 0 saturated carbocycles. The second kappa shape index (κ2) is 10.6. The number of hydrogen-bond acceptors (Lipinski definition) is 4. The number of nitrogens with zero attached hydrogens (tertiary/aromatic N) is 3. The van der Waals surface area contributed by atoms with Gasteiger partial charge in [-0.25, -0.2) is 0 Å². The average molecular weight is 486 g/mol. The van der Waals surface area contributed by atoms with Gasteiger partial charge in [-0.3, -0.25) is 4.99 Å². The van der Waals surface area contributed by atoms with Crippen LogP contribution in [0.1, 0.15) is 11.8 Å². The van der Waals surface area contributed by atoms with Gasteiger partial charge in [0.25, 0.3) is 0 Å². The summed E-state index contributed by atoms with van der Waals surface area (Å²) >= 11 is 1.79. The Kier molecular flexibility index (Phi) is 8.50. The van der Waals surface area contributed by atoms with Gasteiger partial charge < -0.3 is 20.2 Å². The van der Waals surface area contributed by atoms with Gasteiger partial charge in [-0.05, 0) is 30.5 Å². The number of rotatable bonds is 5. The van der Waals surface area contributed by atoms with E-state index in [1.165, 1.54) is 4.88 Å². The Balaban J connectivity index is 0.00000243. The zero-order valence-corrected chi connectivity index (χ0v) is 18.2. The molecule has 0 aliphatic carbocycles. The van der Waals surface area contributed by atoms with Crippen molar-refractivity contribution < 1.29 is 5.11 Å². The SMILES string of the molecule is CCNC(=NCCc1cccs1)N1CCN(c2ccccc2O)CC1.I. The number of anilines is 1. The fourth-order valence-electron chi connectivity index (χ4n) is 3.04. The predicted octanol–water partition coefficient (Wildman–Crippen LogP) is 3.40. The van der Waals surface area contributed by atoms with Crippen LogP contribution in [0.2, 0.25) is 0 Å². The highest BCUT2D eigenvalue weighted by atomic mass is 127. The first-order chi connectivity index (χ1) is 12.3. The van der Waals surface area contributed by atoms with Crippen LogP contribution in [0.4, 0.5) is 5.69 Å². The number of phenolic OH excluding ortho intramolecular Hbond substituents is 1. The van der Waals surface area contributed by atoms with Crippen LogP contribution >= 0.6 is 35.3 Å². The predicted molar refractivity (Wildman–Crippen MR) is 121 cm³/mol. The maximum atomic E-state index is 10.0. The number of piperazine rings is 1. The van der Waals surface area contributed by atoms with Crippen LogP contribution in [-0.2, 0) is 6.42 Å².